The lowest BCUT2D eigenvalue weighted by molar-refractivity contribution is 0.148. The third-order valence-corrected chi connectivity index (χ3v) is 2.70. The molecule has 0 aliphatic heterocycles. The van der Waals surface area contributed by atoms with Crippen LogP contribution in [0.2, 0.25) is 0 Å². The van der Waals surface area contributed by atoms with Gasteiger partial charge in [-0.3, -0.25) is 13.9 Å². The summed E-state index contributed by atoms with van der Waals surface area (Å²) in [5, 5.41) is 0. The summed E-state index contributed by atoms with van der Waals surface area (Å²) in [6.45, 7) is 3.34. The molecule has 1 aromatic heterocycles. The molecule has 0 amide bonds. The second kappa shape index (κ2) is 5.98. The zero-order valence-electron chi connectivity index (χ0n) is 10.0. The predicted octanol–water partition coefficient (Wildman–Crippen LogP) is -0.798. The van der Waals surface area contributed by atoms with Gasteiger partial charge < -0.3 is 26.0 Å². The van der Waals surface area contributed by atoms with E-state index in [0.717, 1.165) is 4.57 Å². The number of anilines is 2. The van der Waals surface area contributed by atoms with Crippen LogP contribution in [-0.2, 0) is 15.8 Å². The molecule has 0 saturated carbocycles. The van der Waals surface area contributed by atoms with E-state index in [2.05, 4.69) is 11.6 Å². The van der Waals surface area contributed by atoms with Gasteiger partial charge in [-0.25, -0.2) is 0 Å². The van der Waals surface area contributed by atoms with Crippen LogP contribution in [0.25, 0.3) is 6.08 Å². The van der Waals surface area contributed by atoms with Crippen LogP contribution in [0.15, 0.2) is 11.4 Å². The van der Waals surface area contributed by atoms with Crippen molar-refractivity contribution in [3.63, 3.8) is 0 Å². The molecule has 0 bridgehead atoms. The Morgan fingerprint density at radius 3 is 2.63 bits per heavy atom. The van der Waals surface area contributed by atoms with Gasteiger partial charge in [0.15, 0.2) is 0 Å². The van der Waals surface area contributed by atoms with Gasteiger partial charge in [-0.1, -0.05) is 12.7 Å². The maximum atomic E-state index is 11.9. The number of nitrogens with zero attached hydrogens (tertiary/aromatic N) is 2. The lowest BCUT2D eigenvalue weighted by Gasteiger charge is -2.11. The lowest BCUT2D eigenvalue weighted by atomic mass is 10.3. The van der Waals surface area contributed by atoms with Crippen molar-refractivity contribution in [2.45, 2.75) is 6.54 Å². The van der Waals surface area contributed by atoms with Crippen LogP contribution in [0.1, 0.15) is 5.56 Å². The van der Waals surface area contributed by atoms with Crippen LogP contribution >= 0.6 is 7.60 Å². The molecule has 0 aliphatic rings. The highest BCUT2D eigenvalue weighted by Gasteiger charge is 2.14. The van der Waals surface area contributed by atoms with Gasteiger partial charge in [0.25, 0.3) is 5.56 Å². The van der Waals surface area contributed by atoms with Crippen molar-refractivity contribution in [1.29, 1.82) is 0 Å². The summed E-state index contributed by atoms with van der Waals surface area (Å²) >= 11 is 0. The summed E-state index contributed by atoms with van der Waals surface area (Å²) in [6.07, 6.45) is 0.537. The van der Waals surface area contributed by atoms with E-state index in [-0.39, 0.29) is 30.5 Å². The minimum absolute atomic E-state index is 0.00120. The van der Waals surface area contributed by atoms with Gasteiger partial charge in [-0.05, 0) is 0 Å². The standard InChI is InChI=1S/C9H15N4O5P/c1-2-6-7(10)12-9(11)13(8(6)14)3-4-18-5-19(15,16)17/h2H,1,3-5,10H2,(H2,11,12)(H2,15,16,17). The smallest absolute Gasteiger partial charge is 0.350 e. The average molecular weight is 290 g/mol. The summed E-state index contributed by atoms with van der Waals surface area (Å²) < 4.78 is 16.4. The molecule has 1 heterocycles. The van der Waals surface area contributed by atoms with E-state index in [0.29, 0.717) is 0 Å². The fraction of sp³-hybridized carbons (Fsp3) is 0.333. The normalized spacial score (nSPS) is 11.5. The highest BCUT2D eigenvalue weighted by molar-refractivity contribution is 7.51. The Balaban J connectivity index is 2.82. The molecule has 106 valence electrons. The van der Waals surface area contributed by atoms with Crippen LogP contribution in [0.5, 0.6) is 0 Å². The summed E-state index contributed by atoms with van der Waals surface area (Å²) in [7, 11) is -4.23. The summed E-state index contributed by atoms with van der Waals surface area (Å²) in [5.41, 5.74) is 10.7. The zero-order valence-corrected chi connectivity index (χ0v) is 10.9. The number of hydrogen-bond donors (Lipinski definition) is 4. The van der Waals surface area contributed by atoms with Gasteiger partial charge in [0, 0.05) is 0 Å². The second-order valence-electron chi connectivity index (χ2n) is 3.63. The second-order valence-corrected chi connectivity index (χ2v) is 5.22. The monoisotopic (exact) mass is 290 g/mol. The Hall–Kier alpha value is -1.67. The third-order valence-electron chi connectivity index (χ3n) is 2.19. The predicted molar refractivity (Wildman–Crippen MR) is 70.3 cm³/mol. The van der Waals surface area contributed by atoms with E-state index in [9.17, 15) is 9.36 Å². The molecule has 0 spiro atoms. The topological polar surface area (TPSA) is 154 Å². The van der Waals surface area contributed by atoms with E-state index >= 15 is 0 Å². The Morgan fingerprint density at radius 2 is 2.11 bits per heavy atom. The van der Waals surface area contributed by atoms with Crippen molar-refractivity contribution < 1.29 is 19.1 Å². The first-order valence-electron chi connectivity index (χ1n) is 5.17. The molecule has 1 rings (SSSR count). The molecular formula is C9H15N4O5P. The van der Waals surface area contributed by atoms with Crippen molar-refractivity contribution in [3.8, 4) is 0 Å². The molecule has 0 radical (unpaired) electrons. The molecule has 19 heavy (non-hydrogen) atoms. The van der Waals surface area contributed by atoms with Crippen LogP contribution in [0.4, 0.5) is 11.8 Å². The first-order chi connectivity index (χ1) is 8.76. The summed E-state index contributed by atoms with van der Waals surface area (Å²) in [5.74, 6) is -0.127. The van der Waals surface area contributed by atoms with Crippen LogP contribution in [-0.4, -0.2) is 32.3 Å². The number of nitrogens with two attached hydrogens (primary N) is 2. The summed E-state index contributed by atoms with van der Waals surface area (Å²) in [4.78, 5) is 32.9. The lowest BCUT2D eigenvalue weighted by Crippen LogP contribution is -2.29. The third kappa shape index (κ3) is 4.18. The van der Waals surface area contributed by atoms with Gasteiger partial charge in [-0.15, -0.1) is 0 Å². The minimum atomic E-state index is -4.23. The fourth-order valence-electron chi connectivity index (χ4n) is 1.35. The average Bonchev–Trinajstić information content (AvgIpc) is 2.26. The van der Waals surface area contributed by atoms with E-state index in [1.54, 1.807) is 0 Å². The number of ether oxygens (including phenoxy) is 1. The highest BCUT2D eigenvalue weighted by atomic mass is 31.2. The van der Waals surface area contributed by atoms with E-state index < -0.39 is 19.5 Å². The molecule has 0 unspecified atom stereocenters. The Kier molecular flexibility index (Phi) is 4.84. The van der Waals surface area contributed by atoms with Crippen LogP contribution < -0.4 is 17.0 Å². The zero-order chi connectivity index (χ0) is 14.6. The van der Waals surface area contributed by atoms with Gasteiger partial charge in [0.2, 0.25) is 5.95 Å². The Morgan fingerprint density at radius 1 is 1.47 bits per heavy atom. The van der Waals surface area contributed by atoms with E-state index in [4.69, 9.17) is 26.0 Å². The minimum Gasteiger partial charge on any atom is -0.383 e. The van der Waals surface area contributed by atoms with Crippen molar-refractivity contribution in [2.24, 2.45) is 0 Å². The molecule has 0 aliphatic carbocycles. The quantitative estimate of drug-likeness (QED) is 0.392. The van der Waals surface area contributed by atoms with Crippen molar-refractivity contribution >= 4 is 25.4 Å². The van der Waals surface area contributed by atoms with Crippen LogP contribution in [0.3, 0.4) is 0 Å². The molecule has 9 nitrogen and oxygen atoms in total. The Bertz CT molecular complexity index is 579. The molecule has 0 aromatic carbocycles. The molecule has 0 saturated heterocycles. The number of aromatic nitrogens is 2. The summed E-state index contributed by atoms with van der Waals surface area (Å²) in [6, 6.07) is 0. The van der Waals surface area contributed by atoms with E-state index in [1.807, 2.05) is 0 Å². The molecule has 10 heteroatoms. The van der Waals surface area contributed by atoms with E-state index in [1.165, 1.54) is 6.08 Å². The molecular weight excluding hydrogens is 275 g/mol. The first-order valence-corrected chi connectivity index (χ1v) is 6.96. The van der Waals surface area contributed by atoms with Crippen molar-refractivity contribution in [2.75, 3.05) is 24.4 Å². The fourth-order valence-corrected chi connectivity index (χ4v) is 1.72. The van der Waals surface area contributed by atoms with Gasteiger partial charge in [-0.2, -0.15) is 4.98 Å². The largest absolute Gasteiger partial charge is 0.383 e. The SMILES string of the molecule is C=Cc1c(N)nc(N)n(CCOCP(=O)(O)O)c1=O. The highest BCUT2D eigenvalue weighted by Crippen LogP contribution is 2.33. The first kappa shape index (κ1) is 15.4. The molecule has 1 aromatic rings. The Labute approximate surface area is 108 Å². The van der Waals surface area contributed by atoms with Crippen LogP contribution in [0, 0.1) is 0 Å². The van der Waals surface area contributed by atoms with Crippen molar-refractivity contribution in [1.82, 2.24) is 9.55 Å². The number of nitrogen functional groups attached to an aromatic ring is 2. The van der Waals surface area contributed by atoms with Crippen molar-refractivity contribution in [3.05, 3.63) is 22.5 Å². The molecule has 6 N–H and O–H groups in total. The van der Waals surface area contributed by atoms with Gasteiger partial charge in [0.05, 0.1) is 18.7 Å². The molecule has 0 atom stereocenters. The number of rotatable bonds is 6. The molecule has 0 fully saturated rings. The van der Waals surface area contributed by atoms with Gasteiger partial charge in [0.1, 0.15) is 12.2 Å². The van der Waals surface area contributed by atoms with Gasteiger partial charge >= 0.3 is 7.60 Å². The number of hydrogen-bond acceptors (Lipinski definition) is 6. The maximum absolute atomic E-state index is 11.9. The maximum Gasteiger partial charge on any atom is 0.350 e.